The average Bonchev–Trinajstić information content (AvgIpc) is 2.36. The number of benzene rings is 1. The summed E-state index contributed by atoms with van der Waals surface area (Å²) in [5, 5.41) is 0. The lowest BCUT2D eigenvalue weighted by Crippen LogP contribution is -2.13. The predicted octanol–water partition coefficient (Wildman–Crippen LogP) is 2.17. The lowest BCUT2D eigenvalue weighted by atomic mass is 10.1. The number of nitrogens with zero attached hydrogens (tertiary/aromatic N) is 1. The van der Waals surface area contributed by atoms with E-state index in [-0.39, 0.29) is 11.4 Å². The highest BCUT2D eigenvalue weighted by Crippen LogP contribution is 2.29. The molecule has 98 valence electrons. The van der Waals surface area contributed by atoms with Gasteiger partial charge in [-0.1, -0.05) is 0 Å². The summed E-state index contributed by atoms with van der Waals surface area (Å²) in [5.74, 6) is 0.225. The van der Waals surface area contributed by atoms with E-state index >= 15 is 0 Å². The molecule has 1 amide bonds. The summed E-state index contributed by atoms with van der Waals surface area (Å²) in [6, 6.07) is 6.83. The molecule has 19 heavy (non-hydrogen) atoms. The molecule has 0 fully saturated rings. The van der Waals surface area contributed by atoms with Crippen molar-refractivity contribution in [2.24, 2.45) is 5.73 Å². The third-order valence-corrected chi connectivity index (χ3v) is 2.81. The molecule has 4 N–H and O–H groups in total. The van der Waals surface area contributed by atoms with Gasteiger partial charge in [-0.25, -0.2) is 4.98 Å². The second kappa shape index (κ2) is 4.97. The quantitative estimate of drug-likeness (QED) is 0.824. The lowest BCUT2D eigenvalue weighted by molar-refractivity contribution is 0.0997. The average molecular weight is 257 g/mol. The van der Waals surface area contributed by atoms with Gasteiger partial charge in [0.1, 0.15) is 11.3 Å². The number of primary amides is 1. The summed E-state index contributed by atoms with van der Waals surface area (Å²) in [7, 11) is 0. The van der Waals surface area contributed by atoms with Crippen molar-refractivity contribution in [3.05, 3.63) is 47.2 Å². The maximum atomic E-state index is 11.3. The fraction of sp³-hybridized carbons (Fsp3) is 0.143. The van der Waals surface area contributed by atoms with Gasteiger partial charge in [-0.05, 0) is 49.2 Å². The van der Waals surface area contributed by atoms with Gasteiger partial charge in [0, 0.05) is 11.9 Å². The minimum Gasteiger partial charge on any atom is -0.438 e. The van der Waals surface area contributed by atoms with E-state index in [0.717, 1.165) is 11.1 Å². The van der Waals surface area contributed by atoms with Crippen LogP contribution >= 0.6 is 0 Å². The Kier molecular flexibility index (Phi) is 3.37. The Bertz CT molecular complexity index is 639. The fourth-order valence-corrected chi connectivity index (χ4v) is 1.69. The van der Waals surface area contributed by atoms with Crippen LogP contribution in [0.4, 0.5) is 5.69 Å². The summed E-state index contributed by atoms with van der Waals surface area (Å²) < 4.78 is 5.67. The van der Waals surface area contributed by atoms with Crippen molar-refractivity contribution in [2.75, 3.05) is 5.73 Å². The van der Waals surface area contributed by atoms with Gasteiger partial charge in [0.25, 0.3) is 5.91 Å². The number of carbonyl (C=O) groups excluding carboxylic acids is 1. The maximum Gasteiger partial charge on any atom is 0.254 e. The SMILES string of the molecule is Cc1cc(Oc2ncccc2C(N)=O)c(C)cc1N. The van der Waals surface area contributed by atoms with Gasteiger partial charge >= 0.3 is 0 Å². The van der Waals surface area contributed by atoms with Crippen LogP contribution in [-0.4, -0.2) is 10.9 Å². The molecule has 1 aromatic carbocycles. The van der Waals surface area contributed by atoms with E-state index < -0.39 is 5.91 Å². The molecule has 0 unspecified atom stereocenters. The Hall–Kier alpha value is -2.56. The number of carbonyl (C=O) groups is 1. The first-order chi connectivity index (χ1) is 8.99. The third-order valence-electron chi connectivity index (χ3n) is 2.81. The molecule has 1 aromatic heterocycles. The van der Waals surface area contributed by atoms with Gasteiger partial charge in [0.05, 0.1) is 0 Å². The number of hydrogen-bond donors (Lipinski definition) is 2. The summed E-state index contributed by atoms with van der Waals surface area (Å²) in [6.45, 7) is 3.76. The van der Waals surface area contributed by atoms with E-state index in [2.05, 4.69) is 4.98 Å². The number of hydrogen-bond acceptors (Lipinski definition) is 4. The molecule has 0 aliphatic heterocycles. The second-order valence-electron chi connectivity index (χ2n) is 4.30. The van der Waals surface area contributed by atoms with Crippen LogP contribution in [0.1, 0.15) is 21.5 Å². The van der Waals surface area contributed by atoms with Crippen molar-refractivity contribution in [3.63, 3.8) is 0 Å². The first-order valence-corrected chi connectivity index (χ1v) is 5.78. The normalized spacial score (nSPS) is 10.2. The molecule has 2 aromatic rings. The summed E-state index contributed by atoms with van der Waals surface area (Å²) >= 11 is 0. The van der Waals surface area contributed by atoms with Crippen LogP contribution in [0.5, 0.6) is 11.6 Å². The first kappa shape index (κ1) is 12.9. The zero-order chi connectivity index (χ0) is 14.0. The molecule has 2 rings (SSSR count). The molecule has 1 heterocycles. The highest BCUT2D eigenvalue weighted by atomic mass is 16.5. The van der Waals surface area contributed by atoms with E-state index in [1.54, 1.807) is 18.3 Å². The van der Waals surface area contributed by atoms with Crippen molar-refractivity contribution in [3.8, 4) is 11.6 Å². The standard InChI is InChI=1S/C14H15N3O2/c1-8-7-12(9(2)6-11(8)15)19-14-10(13(16)18)4-3-5-17-14/h3-7H,15H2,1-2H3,(H2,16,18). The predicted molar refractivity (Wildman–Crippen MR) is 73.2 cm³/mol. The summed E-state index contributed by atoms with van der Waals surface area (Å²) in [5.41, 5.74) is 13.8. The van der Waals surface area contributed by atoms with Crippen molar-refractivity contribution in [1.29, 1.82) is 0 Å². The van der Waals surface area contributed by atoms with Gasteiger partial charge in [-0.15, -0.1) is 0 Å². The molecule has 5 nitrogen and oxygen atoms in total. The van der Waals surface area contributed by atoms with Gasteiger partial charge < -0.3 is 16.2 Å². The second-order valence-corrected chi connectivity index (χ2v) is 4.30. The van der Waals surface area contributed by atoms with Crippen LogP contribution in [0.2, 0.25) is 0 Å². The van der Waals surface area contributed by atoms with Gasteiger partial charge in [0.2, 0.25) is 5.88 Å². The molecule has 0 radical (unpaired) electrons. The number of aryl methyl sites for hydroxylation is 2. The van der Waals surface area contributed by atoms with Gasteiger partial charge in [-0.2, -0.15) is 0 Å². The Morgan fingerprint density at radius 2 is 2.00 bits per heavy atom. The number of rotatable bonds is 3. The number of ether oxygens (including phenoxy) is 1. The van der Waals surface area contributed by atoms with Gasteiger partial charge in [0.15, 0.2) is 0 Å². The highest BCUT2D eigenvalue weighted by Gasteiger charge is 2.12. The van der Waals surface area contributed by atoms with Crippen LogP contribution in [0.15, 0.2) is 30.5 Å². The Balaban J connectivity index is 2.42. The van der Waals surface area contributed by atoms with E-state index in [0.29, 0.717) is 11.4 Å². The van der Waals surface area contributed by atoms with Crippen molar-refractivity contribution in [2.45, 2.75) is 13.8 Å². The minimum atomic E-state index is -0.576. The largest absolute Gasteiger partial charge is 0.438 e. The lowest BCUT2D eigenvalue weighted by Gasteiger charge is -2.12. The smallest absolute Gasteiger partial charge is 0.254 e. The molecule has 0 saturated heterocycles. The van der Waals surface area contributed by atoms with Crippen molar-refractivity contribution < 1.29 is 9.53 Å². The number of pyridine rings is 1. The first-order valence-electron chi connectivity index (χ1n) is 5.78. The fourth-order valence-electron chi connectivity index (χ4n) is 1.69. The molecule has 0 aliphatic rings. The summed E-state index contributed by atoms with van der Waals surface area (Å²) in [6.07, 6.45) is 1.54. The number of anilines is 1. The van der Waals surface area contributed by atoms with Crippen molar-refractivity contribution >= 4 is 11.6 Å². The van der Waals surface area contributed by atoms with E-state index in [1.807, 2.05) is 26.0 Å². The zero-order valence-corrected chi connectivity index (χ0v) is 10.8. The molecule has 5 heteroatoms. The van der Waals surface area contributed by atoms with E-state index in [4.69, 9.17) is 16.2 Å². The maximum absolute atomic E-state index is 11.3. The molecular formula is C14H15N3O2. The minimum absolute atomic E-state index is 0.197. The van der Waals surface area contributed by atoms with Crippen LogP contribution in [0.25, 0.3) is 0 Å². The molecule has 0 aliphatic carbocycles. The van der Waals surface area contributed by atoms with Crippen LogP contribution < -0.4 is 16.2 Å². The van der Waals surface area contributed by atoms with Crippen molar-refractivity contribution in [1.82, 2.24) is 4.98 Å². The Morgan fingerprint density at radius 1 is 1.26 bits per heavy atom. The Labute approximate surface area is 111 Å². The molecular weight excluding hydrogens is 242 g/mol. The Morgan fingerprint density at radius 3 is 2.68 bits per heavy atom. The van der Waals surface area contributed by atoms with Gasteiger partial charge in [-0.3, -0.25) is 4.79 Å². The third kappa shape index (κ3) is 2.65. The zero-order valence-electron chi connectivity index (χ0n) is 10.8. The van der Waals surface area contributed by atoms with Crippen LogP contribution in [0.3, 0.4) is 0 Å². The number of amides is 1. The monoisotopic (exact) mass is 257 g/mol. The number of nitrogen functional groups attached to an aromatic ring is 1. The number of aromatic nitrogens is 1. The molecule has 0 atom stereocenters. The van der Waals surface area contributed by atoms with E-state index in [1.165, 1.54) is 0 Å². The molecule has 0 spiro atoms. The summed E-state index contributed by atoms with van der Waals surface area (Å²) in [4.78, 5) is 15.3. The number of nitrogens with two attached hydrogens (primary N) is 2. The van der Waals surface area contributed by atoms with E-state index in [9.17, 15) is 4.79 Å². The highest BCUT2D eigenvalue weighted by molar-refractivity contribution is 5.95. The van der Waals surface area contributed by atoms with Crippen LogP contribution in [0, 0.1) is 13.8 Å². The van der Waals surface area contributed by atoms with Crippen LogP contribution in [-0.2, 0) is 0 Å². The molecule has 0 bridgehead atoms. The topological polar surface area (TPSA) is 91.2 Å². The molecule has 0 saturated carbocycles.